The molecule has 0 aliphatic heterocycles. The van der Waals surface area contributed by atoms with Crippen LogP contribution in [0.4, 0.5) is 0 Å². The second kappa shape index (κ2) is 2.83. The van der Waals surface area contributed by atoms with Crippen molar-refractivity contribution >= 4 is 22.6 Å². The first-order valence-corrected chi connectivity index (χ1v) is 4.38. The maximum absolute atomic E-state index is 5.64. The van der Waals surface area contributed by atoms with Gasteiger partial charge in [-0.15, -0.1) is 11.6 Å². The van der Waals surface area contributed by atoms with Gasteiger partial charge in [-0.05, 0) is 25.1 Å². The predicted molar refractivity (Wildman–Crippen MR) is 50.5 cm³/mol. The molecular formula is C10H9ClO. The Morgan fingerprint density at radius 2 is 2.17 bits per heavy atom. The number of rotatable bonds is 1. The van der Waals surface area contributed by atoms with Crippen LogP contribution in [0.1, 0.15) is 11.3 Å². The molecule has 0 atom stereocenters. The van der Waals surface area contributed by atoms with E-state index >= 15 is 0 Å². The van der Waals surface area contributed by atoms with Crippen molar-refractivity contribution in [3.63, 3.8) is 0 Å². The molecular weight excluding hydrogens is 172 g/mol. The van der Waals surface area contributed by atoms with Crippen LogP contribution in [0, 0.1) is 6.92 Å². The molecule has 0 radical (unpaired) electrons. The van der Waals surface area contributed by atoms with E-state index in [0.29, 0.717) is 5.88 Å². The molecule has 0 bridgehead atoms. The minimum Gasteiger partial charge on any atom is -0.460 e. The van der Waals surface area contributed by atoms with Gasteiger partial charge in [-0.3, -0.25) is 0 Å². The van der Waals surface area contributed by atoms with Crippen LogP contribution in [0.3, 0.4) is 0 Å². The Balaban J connectivity index is 2.67. The van der Waals surface area contributed by atoms with E-state index in [2.05, 4.69) is 13.0 Å². The van der Waals surface area contributed by atoms with Gasteiger partial charge in [-0.2, -0.15) is 0 Å². The van der Waals surface area contributed by atoms with Gasteiger partial charge in [0.15, 0.2) is 0 Å². The molecule has 1 nitrogen and oxygen atoms in total. The fraction of sp³-hybridized carbons (Fsp3) is 0.200. The van der Waals surface area contributed by atoms with Crippen molar-refractivity contribution in [3.8, 4) is 0 Å². The van der Waals surface area contributed by atoms with Crippen LogP contribution in [0.5, 0.6) is 0 Å². The number of benzene rings is 1. The predicted octanol–water partition coefficient (Wildman–Crippen LogP) is 3.48. The van der Waals surface area contributed by atoms with Crippen LogP contribution in [0.2, 0.25) is 0 Å². The Morgan fingerprint density at radius 3 is 2.92 bits per heavy atom. The van der Waals surface area contributed by atoms with Gasteiger partial charge < -0.3 is 4.42 Å². The zero-order valence-corrected chi connectivity index (χ0v) is 7.56. The molecule has 0 N–H and O–H groups in total. The van der Waals surface area contributed by atoms with Crippen molar-refractivity contribution in [2.45, 2.75) is 12.8 Å². The summed E-state index contributed by atoms with van der Waals surface area (Å²) in [7, 11) is 0. The Hall–Kier alpha value is -0.950. The third kappa shape index (κ3) is 1.21. The maximum atomic E-state index is 5.64. The first-order chi connectivity index (χ1) is 5.79. The summed E-state index contributed by atoms with van der Waals surface area (Å²) in [6.45, 7) is 2.06. The van der Waals surface area contributed by atoms with Gasteiger partial charge in [0.05, 0.1) is 5.88 Å². The highest BCUT2D eigenvalue weighted by Crippen LogP contribution is 2.21. The molecule has 0 fully saturated rings. The van der Waals surface area contributed by atoms with Crippen LogP contribution in [-0.4, -0.2) is 0 Å². The molecule has 1 aromatic carbocycles. The van der Waals surface area contributed by atoms with E-state index in [1.54, 1.807) is 0 Å². The molecule has 12 heavy (non-hydrogen) atoms. The lowest BCUT2D eigenvalue weighted by Crippen LogP contribution is -1.67. The molecule has 62 valence electrons. The average Bonchev–Trinajstić information content (AvgIpc) is 2.46. The number of hydrogen-bond acceptors (Lipinski definition) is 1. The van der Waals surface area contributed by atoms with Gasteiger partial charge in [0.25, 0.3) is 0 Å². The molecule has 2 rings (SSSR count). The largest absolute Gasteiger partial charge is 0.460 e. The first-order valence-electron chi connectivity index (χ1n) is 3.84. The van der Waals surface area contributed by atoms with Crippen molar-refractivity contribution < 1.29 is 4.42 Å². The van der Waals surface area contributed by atoms with Crippen molar-refractivity contribution in [1.29, 1.82) is 0 Å². The summed E-state index contributed by atoms with van der Waals surface area (Å²) in [5.41, 5.74) is 2.15. The molecule has 2 aromatic rings. The van der Waals surface area contributed by atoms with Crippen LogP contribution in [-0.2, 0) is 5.88 Å². The Kier molecular flexibility index (Phi) is 1.81. The lowest BCUT2D eigenvalue weighted by Gasteiger charge is -1.89. The standard InChI is InChI=1S/C10H9ClO/c1-7-2-3-10-8(4-7)5-9(6-11)12-10/h2-5H,6H2,1H3. The number of halogens is 1. The van der Waals surface area contributed by atoms with Crippen LogP contribution in [0.15, 0.2) is 28.7 Å². The van der Waals surface area contributed by atoms with E-state index in [1.165, 1.54) is 5.56 Å². The summed E-state index contributed by atoms with van der Waals surface area (Å²) >= 11 is 5.64. The van der Waals surface area contributed by atoms with Gasteiger partial charge in [0, 0.05) is 5.39 Å². The summed E-state index contributed by atoms with van der Waals surface area (Å²) in [5, 5.41) is 1.13. The van der Waals surface area contributed by atoms with Crippen molar-refractivity contribution in [2.24, 2.45) is 0 Å². The third-order valence-electron chi connectivity index (χ3n) is 1.85. The smallest absolute Gasteiger partial charge is 0.134 e. The van der Waals surface area contributed by atoms with Crippen LogP contribution >= 0.6 is 11.6 Å². The Bertz CT molecular complexity index is 403. The number of hydrogen-bond donors (Lipinski definition) is 0. The van der Waals surface area contributed by atoms with E-state index in [-0.39, 0.29) is 0 Å². The summed E-state index contributed by atoms with van der Waals surface area (Å²) in [6.07, 6.45) is 0. The van der Waals surface area contributed by atoms with E-state index in [9.17, 15) is 0 Å². The fourth-order valence-electron chi connectivity index (χ4n) is 1.28. The zero-order valence-electron chi connectivity index (χ0n) is 6.80. The fourth-order valence-corrected chi connectivity index (χ4v) is 1.42. The monoisotopic (exact) mass is 180 g/mol. The quantitative estimate of drug-likeness (QED) is 0.613. The van der Waals surface area contributed by atoms with E-state index in [4.69, 9.17) is 16.0 Å². The highest BCUT2D eigenvalue weighted by molar-refractivity contribution is 6.17. The van der Waals surface area contributed by atoms with Crippen LogP contribution in [0.25, 0.3) is 11.0 Å². The molecule has 2 heteroatoms. The minimum atomic E-state index is 0.438. The summed E-state index contributed by atoms with van der Waals surface area (Å²) in [5.74, 6) is 1.27. The lowest BCUT2D eigenvalue weighted by atomic mass is 10.2. The highest BCUT2D eigenvalue weighted by Gasteiger charge is 2.01. The molecule has 0 aliphatic rings. The molecule has 1 heterocycles. The number of alkyl halides is 1. The second-order valence-electron chi connectivity index (χ2n) is 2.89. The zero-order chi connectivity index (χ0) is 8.55. The van der Waals surface area contributed by atoms with Crippen molar-refractivity contribution in [1.82, 2.24) is 0 Å². The molecule has 1 aromatic heterocycles. The first kappa shape index (κ1) is 7.69. The van der Waals surface area contributed by atoms with E-state index in [1.807, 2.05) is 18.2 Å². The van der Waals surface area contributed by atoms with Crippen molar-refractivity contribution in [3.05, 3.63) is 35.6 Å². The van der Waals surface area contributed by atoms with Gasteiger partial charge in [0.2, 0.25) is 0 Å². The maximum Gasteiger partial charge on any atom is 0.134 e. The molecule has 0 unspecified atom stereocenters. The second-order valence-corrected chi connectivity index (χ2v) is 3.15. The van der Waals surface area contributed by atoms with E-state index in [0.717, 1.165) is 16.7 Å². The Morgan fingerprint density at radius 1 is 1.33 bits per heavy atom. The summed E-state index contributed by atoms with van der Waals surface area (Å²) < 4.78 is 5.44. The summed E-state index contributed by atoms with van der Waals surface area (Å²) in [4.78, 5) is 0. The molecule has 0 saturated heterocycles. The third-order valence-corrected chi connectivity index (χ3v) is 2.12. The van der Waals surface area contributed by atoms with Crippen LogP contribution < -0.4 is 0 Å². The molecule has 0 aliphatic carbocycles. The lowest BCUT2D eigenvalue weighted by molar-refractivity contribution is 0.573. The summed E-state index contributed by atoms with van der Waals surface area (Å²) in [6, 6.07) is 8.08. The topological polar surface area (TPSA) is 13.1 Å². The van der Waals surface area contributed by atoms with Crippen molar-refractivity contribution in [2.75, 3.05) is 0 Å². The molecule has 0 spiro atoms. The number of fused-ring (bicyclic) bond motifs is 1. The minimum absolute atomic E-state index is 0.438. The number of furan rings is 1. The average molecular weight is 181 g/mol. The highest BCUT2D eigenvalue weighted by atomic mass is 35.5. The normalized spacial score (nSPS) is 10.8. The molecule has 0 amide bonds. The van der Waals surface area contributed by atoms with Gasteiger partial charge in [0.1, 0.15) is 11.3 Å². The van der Waals surface area contributed by atoms with Gasteiger partial charge in [-0.25, -0.2) is 0 Å². The number of aryl methyl sites for hydroxylation is 1. The van der Waals surface area contributed by atoms with Gasteiger partial charge in [-0.1, -0.05) is 11.6 Å². The molecule has 0 saturated carbocycles. The Labute approximate surface area is 75.9 Å². The van der Waals surface area contributed by atoms with E-state index < -0.39 is 0 Å². The van der Waals surface area contributed by atoms with Gasteiger partial charge >= 0.3 is 0 Å². The SMILES string of the molecule is Cc1ccc2oc(CCl)cc2c1.